The van der Waals surface area contributed by atoms with Gasteiger partial charge in [0.25, 0.3) is 0 Å². The molecule has 2 aromatic rings. The van der Waals surface area contributed by atoms with Crippen LogP contribution < -0.4 is 5.32 Å². The molecule has 0 unspecified atom stereocenters. The van der Waals surface area contributed by atoms with Crippen molar-refractivity contribution in [1.82, 2.24) is 25.5 Å². The fourth-order valence-electron chi connectivity index (χ4n) is 3.78. The molecule has 0 radical (unpaired) electrons. The first-order valence-electron chi connectivity index (χ1n) is 11.9. The summed E-state index contributed by atoms with van der Waals surface area (Å²) in [7, 11) is 0. The summed E-state index contributed by atoms with van der Waals surface area (Å²) in [6.07, 6.45) is 15.1. The van der Waals surface area contributed by atoms with Crippen molar-refractivity contribution in [2.45, 2.75) is 102 Å². The van der Waals surface area contributed by atoms with Crippen molar-refractivity contribution in [3.63, 3.8) is 0 Å². The third-order valence-corrected chi connectivity index (χ3v) is 5.76. The van der Waals surface area contributed by atoms with E-state index in [9.17, 15) is 4.79 Å². The van der Waals surface area contributed by atoms with Crippen molar-refractivity contribution in [1.29, 1.82) is 0 Å². The minimum atomic E-state index is -0.492. The molecular formula is C24H37N5O. The Balaban J connectivity index is 1.42. The van der Waals surface area contributed by atoms with Gasteiger partial charge < -0.3 is 5.32 Å². The van der Waals surface area contributed by atoms with E-state index in [0.717, 1.165) is 31.4 Å². The fourth-order valence-corrected chi connectivity index (χ4v) is 3.78. The number of amides is 1. The molecule has 1 atom stereocenters. The molecule has 1 saturated carbocycles. The predicted octanol–water partition coefficient (Wildman–Crippen LogP) is 5.00. The second-order valence-electron chi connectivity index (χ2n) is 8.55. The van der Waals surface area contributed by atoms with Crippen molar-refractivity contribution < 1.29 is 4.79 Å². The zero-order chi connectivity index (χ0) is 21.0. The second-order valence-corrected chi connectivity index (χ2v) is 8.55. The third kappa shape index (κ3) is 7.54. The minimum Gasteiger partial charge on any atom is -0.352 e. The lowest BCUT2D eigenvalue weighted by Gasteiger charge is -2.13. The second kappa shape index (κ2) is 12.5. The molecule has 1 N–H and O–H groups in total. The van der Waals surface area contributed by atoms with Crippen LogP contribution in [0.3, 0.4) is 0 Å². The van der Waals surface area contributed by atoms with Crippen LogP contribution in [0.25, 0.3) is 0 Å². The Morgan fingerprint density at radius 2 is 1.63 bits per heavy atom. The number of hydrogen-bond acceptors (Lipinski definition) is 4. The Morgan fingerprint density at radius 1 is 1.00 bits per heavy atom. The number of hydrogen-bond donors (Lipinski definition) is 1. The van der Waals surface area contributed by atoms with Crippen LogP contribution >= 0.6 is 0 Å². The Labute approximate surface area is 180 Å². The van der Waals surface area contributed by atoms with Crippen LogP contribution in [0.4, 0.5) is 0 Å². The molecule has 6 nitrogen and oxygen atoms in total. The van der Waals surface area contributed by atoms with Crippen molar-refractivity contribution >= 4 is 5.91 Å². The first kappa shape index (κ1) is 22.4. The number of aromatic nitrogens is 4. The Kier molecular flexibility index (Phi) is 9.32. The van der Waals surface area contributed by atoms with Crippen molar-refractivity contribution in [2.24, 2.45) is 0 Å². The highest BCUT2D eigenvalue weighted by Gasteiger charge is 2.32. The number of carbonyl (C=O) groups is 1. The maximum atomic E-state index is 12.8. The number of nitrogens with one attached hydrogen (secondary N) is 1. The smallest absolute Gasteiger partial charge is 0.235 e. The standard InChI is InChI=1S/C24H37N5O/c1-2-3-4-5-6-7-8-9-10-14-19-29-27-23(26-28-29)22(20-15-12-11-13-16-20)24(30)25-21-17-18-21/h11-13,15-16,21-22H,2-10,14,17-19H2,1H3,(H,25,30)/t22-/m0/s1. The summed E-state index contributed by atoms with van der Waals surface area (Å²) in [6.45, 7) is 3.02. The van der Waals surface area contributed by atoms with Gasteiger partial charge in [-0.1, -0.05) is 95.0 Å². The highest BCUT2D eigenvalue weighted by molar-refractivity contribution is 5.86. The van der Waals surface area contributed by atoms with Gasteiger partial charge in [-0.15, -0.1) is 10.2 Å². The lowest BCUT2D eigenvalue weighted by atomic mass is 9.97. The molecule has 1 aromatic carbocycles. The van der Waals surface area contributed by atoms with Crippen LogP contribution in [0.5, 0.6) is 0 Å². The van der Waals surface area contributed by atoms with Crippen LogP contribution in [-0.2, 0) is 11.3 Å². The van der Waals surface area contributed by atoms with E-state index in [1.807, 2.05) is 30.3 Å². The average Bonchev–Trinajstić information content (AvgIpc) is 3.46. The molecule has 164 valence electrons. The molecule has 3 rings (SSSR count). The molecule has 0 saturated heterocycles. The number of aryl methyl sites for hydroxylation is 1. The van der Waals surface area contributed by atoms with Crippen molar-refractivity contribution in [3.8, 4) is 0 Å². The van der Waals surface area contributed by atoms with E-state index >= 15 is 0 Å². The zero-order valence-corrected chi connectivity index (χ0v) is 18.4. The number of rotatable bonds is 15. The van der Waals surface area contributed by atoms with E-state index in [1.165, 1.54) is 57.8 Å². The van der Waals surface area contributed by atoms with Gasteiger partial charge in [-0.25, -0.2) is 0 Å². The summed E-state index contributed by atoms with van der Waals surface area (Å²) in [5.74, 6) is -0.0260. The molecule has 0 bridgehead atoms. The van der Waals surface area contributed by atoms with Crippen LogP contribution in [-0.4, -0.2) is 32.2 Å². The fraction of sp³-hybridized carbons (Fsp3) is 0.667. The maximum absolute atomic E-state index is 12.8. The van der Waals surface area contributed by atoms with E-state index in [4.69, 9.17) is 0 Å². The monoisotopic (exact) mass is 411 g/mol. The Bertz CT molecular complexity index is 741. The average molecular weight is 412 g/mol. The highest BCUT2D eigenvalue weighted by Crippen LogP contribution is 2.25. The molecule has 1 heterocycles. The number of unbranched alkanes of at least 4 members (excludes halogenated alkanes) is 9. The molecule has 1 aromatic heterocycles. The summed E-state index contributed by atoms with van der Waals surface area (Å²) in [5, 5.41) is 16.1. The molecule has 6 heteroatoms. The molecular weight excluding hydrogens is 374 g/mol. The lowest BCUT2D eigenvalue weighted by molar-refractivity contribution is -0.122. The van der Waals surface area contributed by atoms with E-state index in [-0.39, 0.29) is 5.91 Å². The first-order chi connectivity index (χ1) is 14.8. The lowest BCUT2D eigenvalue weighted by Crippen LogP contribution is -2.32. The van der Waals surface area contributed by atoms with E-state index in [2.05, 4.69) is 27.7 Å². The van der Waals surface area contributed by atoms with E-state index < -0.39 is 5.92 Å². The van der Waals surface area contributed by atoms with Gasteiger partial charge in [0.05, 0.1) is 6.54 Å². The quantitative estimate of drug-likeness (QED) is 0.418. The van der Waals surface area contributed by atoms with Crippen LogP contribution in [0.2, 0.25) is 0 Å². The number of benzene rings is 1. The largest absolute Gasteiger partial charge is 0.352 e. The Morgan fingerprint density at radius 3 is 2.27 bits per heavy atom. The summed E-state index contributed by atoms with van der Waals surface area (Å²) in [5.41, 5.74) is 0.911. The molecule has 1 aliphatic rings. The normalized spacial score (nSPS) is 14.6. The highest BCUT2D eigenvalue weighted by atomic mass is 16.2. The summed E-state index contributed by atoms with van der Waals surface area (Å²) in [4.78, 5) is 14.5. The maximum Gasteiger partial charge on any atom is 0.235 e. The van der Waals surface area contributed by atoms with Gasteiger partial charge in [-0.2, -0.15) is 4.80 Å². The van der Waals surface area contributed by atoms with Crippen LogP contribution in [0.1, 0.15) is 101 Å². The topological polar surface area (TPSA) is 72.7 Å². The van der Waals surface area contributed by atoms with Gasteiger partial charge in [0, 0.05) is 6.04 Å². The summed E-state index contributed by atoms with van der Waals surface area (Å²) in [6, 6.07) is 10.1. The summed E-state index contributed by atoms with van der Waals surface area (Å²) >= 11 is 0. The molecule has 0 spiro atoms. The van der Waals surface area contributed by atoms with Gasteiger partial charge in [0.15, 0.2) is 5.82 Å². The van der Waals surface area contributed by atoms with E-state index in [0.29, 0.717) is 11.9 Å². The molecule has 1 aliphatic carbocycles. The van der Waals surface area contributed by atoms with Gasteiger partial charge in [-0.05, 0) is 30.0 Å². The molecule has 1 fully saturated rings. The molecule has 30 heavy (non-hydrogen) atoms. The van der Waals surface area contributed by atoms with Crippen LogP contribution in [0.15, 0.2) is 30.3 Å². The first-order valence-corrected chi connectivity index (χ1v) is 11.9. The van der Waals surface area contributed by atoms with Gasteiger partial charge >= 0.3 is 0 Å². The van der Waals surface area contributed by atoms with Crippen LogP contribution in [0, 0.1) is 0 Å². The van der Waals surface area contributed by atoms with Crippen molar-refractivity contribution in [2.75, 3.05) is 0 Å². The van der Waals surface area contributed by atoms with E-state index in [1.54, 1.807) is 4.80 Å². The van der Waals surface area contributed by atoms with Gasteiger partial charge in [-0.3, -0.25) is 4.79 Å². The Hall–Kier alpha value is -2.24. The molecule has 1 amide bonds. The number of nitrogens with zero attached hydrogens (tertiary/aromatic N) is 4. The SMILES string of the molecule is CCCCCCCCCCCCn1nnc([C@@H](C(=O)NC2CC2)c2ccccc2)n1. The summed E-state index contributed by atoms with van der Waals surface area (Å²) < 4.78 is 0. The molecule has 0 aliphatic heterocycles. The van der Waals surface area contributed by atoms with Gasteiger partial charge in [0.2, 0.25) is 5.91 Å². The predicted molar refractivity (Wildman–Crippen MR) is 119 cm³/mol. The van der Waals surface area contributed by atoms with Gasteiger partial charge in [0.1, 0.15) is 5.92 Å². The number of carbonyl (C=O) groups excluding carboxylic acids is 1. The minimum absolute atomic E-state index is 0.0258. The third-order valence-electron chi connectivity index (χ3n) is 5.76. The zero-order valence-electron chi connectivity index (χ0n) is 18.4. The van der Waals surface area contributed by atoms with Crippen molar-refractivity contribution in [3.05, 3.63) is 41.7 Å². The number of tetrazole rings is 1.